The molecule has 0 radical (unpaired) electrons. The number of rotatable bonds is 8. The Morgan fingerprint density at radius 3 is 2.70 bits per heavy atom. The second kappa shape index (κ2) is 10.1. The van der Waals surface area contributed by atoms with Gasteiger partial charge in [-0.1, -0.05) is 19.3 Å². The van der Waals surface area contributed by atoms with E-state index >= 15 is 0 Å². The van der Waals surface area contributed by atoms with Crippen molar-refractivity contribution in [2.24, 2.45) is 10.4 Å². The lowest BCUT2D eigenvalue weighted by Gasteiger charge is -2.35. The summed E-state index contributed by atoms with van der Waals surface area (Å²) in [5.74, 6) is 0.911. The van der Waals surface area contributed by atoms with Crippen molar-refractivity contribution in [2.75, 3.05) is 32.8 Å². The second-order valence-electron chi connectivity index (χ2n) is 7.08. The molecule has 2 aliphatic rings. The number of hydrogen-bond donors (Lipinski definition) is 3. The van der Waals surface area contributed by atoms with Gasteiger partial charge in [0.15, 0.2) is 5.96 Å². The Balaban J connectivity index is 1.82. The summed E-state index contributed by atoms with van der Waals surface area (Å²) < 4.78 is 5.67. The molecule has 1 aliphatic heterocycles. The van der Waals surface area contributed by atoms with Crippen LogP contribution in [0.25, 0.3) is 0 Å². The molecule has 0 bridgehead atoms. The zero-order valence-electron chi connectivity index (χ0n) is 14.8. The van der Waals surface area contributed by atoms with Gasteiger partial charge >= 0.3 is 0 Å². The van der Waals surface area contributed by atoms with E-state index in [1.54, 1.807) is 0 Å². The molecule has 1 unspecified atom stereocenters. The normalized spacial score (nSPS) is 24.6. The third kappa shape index (κ3) is 6.30. The molecule has 0 spiro atoms. The van der Waals surface area contributed by atoms with Gasteiger partial charge in [0.05, 0.1) is 6.10 Å². The van der Waals surface area contributed by atoms with Crippen LogP contribution in [0.5, 0.6) is 0 Å². The lowest BCUT2D eigenvalue weighted by molar-refractivity contribution is 0.105. The first kappa shape index (κ1) is 18.5. The molecule has 134 valence electrons. The average Bonchev–Trinajstić information content (AvgIpc) is 3.07. The van der Waals surface area contributed by atoms with E-state index in [0.717, 1.165) is 45.0 Å². The van der Waals surface area contributed by atoms with Gasteiger partial charge in [0.1, 0.15) is 0 Å². The van der Waals surface area contributed by atoms with Gasteiger partial charge in [-0.25, -0.2) is 0 Å². The van der Waals surface area contributed by atoms with Crippen molar-refractivity contribution in [1.29, 1.82) is 0 Å². The van der Waals surface area contributed by atoms with Crippen molar-refractivity contribution in [1.82, 2.24) is 10.6 Å². The molecule has 5 nitrogen and oxygen atoms in total. The van der Waals surface area contributed by atoms with Gasteiger partial charge < -0.3 is 20.5 Å². The van der Waals surface area contributed by atoms with Crippen LogP contribution in [-0.4, -0.2) is 50.0 Å². The van der Waals surface area contributed by atoms with Crippen LogP contribution in [0.3, 0.4) is 0 Å². The Hall–Kier alpha value is -0.810. The van der Waals surface area contributed by atoms with E-state index in [9.17, 15) is 5.11 Å². The fraction of sp³-hybridized carbons (Fsp3) is 0.944. The first-order valence-electron chi connectivity index (χ1n) is 9.53. The zero-order chi connectivity index (χ0) is 16.4. The molecule has 1 atom stereocenters. The number of ether oxygens (including phenoxy) is 1. The molecule has 0 aromatic heterocycles. The number of aliphatic hydroxyl groups excluding tert-OH is 1. The minimum atomic E-state index is 0.212. The van der Waals surface area contributed by atoms with Crippen molar-refractivity contribution in [2.45, 2.75) is 70.8 Å². The molecule has 0 amide bonds. The maximum absolute atomic E-state index is 9.42. The Labute approximate surface area is 141 Å². The molecule has 0 aromatic carbocycles. The fourth-order valence-corrected chi connectivity index (χ4v) is 3.84. The smallest absolute Gasteiger partial charge is 0.191 e. The van der Waals surface area contributed by atoms with Crippen LogP contribution in [0.1, 0.15) is 64.7 Å². The van der Waals surface area contributed by atoms with Gasteiger partial charge in [0, 0.05) is 32.8 Å². The van der Waals surface area contributed by atoms with Crippen LogP contribution in [-0.2, 0) is 4.74 Å². The van der Waals surface area contributed by atoms with Crippen LogP contribution in [0.2, 0.25) is 0 Å². The summed E-state index contributed by atoms with van der Waals surface area (Å²) in [5.41, 5.74) is 0.212. The third-order valence-corrected chi connectivity index (χ3v) is 5.26. The molecular weight excluding hydrogens is 290 g/mol. The van der Waals surface area contributed by atoms with Crippen molar-refractivity contribution >= 4 is 5.96 Å². The van der Waals surface area contributed by atoms with E-state index < -0.39 is 0 Å². The number of aliphatic imine (C=N–C) groups is 1. The predicted molar refractivity (Wildman–Crippen MR) is 94.8 cm³/mol. The third-order valence-electron chi connectivity index (χ3n) is 5.26. The summed E-state index contributed by atoms with van der Waals surface area (Å²) >= 11 is 0. The van der Waals surface area contributed by atoms with E-state index in [0.29, 0.717) is 6.10 Å². The van der Waals surface area contributed by atoms with Gasteiger partial charge in [-0.3, -0.25) is 4.99 Å². The second-order valence-corrected chi connectivity index (χ2v) is 7.08. The standard InChI is InChI=1S/C18H35N3O2/c1-2-19-17(20-12-8-16-7-6-14-23-16)21-15-18(11-13-22)9-4-3-5-10-18/h16,22H,2-15H2,1H3,(H2,19,20,21). The highest BCUT2D eigenvalue weighted by Gasteiger charge is 2.31. The van der Waals surface area contributed by atoms with Gasteiger partial charge in [0.25, 0.3) is 0 Å². The highest BCUT2D eigenvalue weighted by molar-refractivity contribution is 5.79. The quantitative estimate of drug-likeness (QED) is 0.474. The van der Waals surface area contributed by atoms with Crippen molar-refractivity contribution < 1.29 is 9.84 Å². The summed E-state index contributed by atoms with van der Waals surface area (Å²) in [7, 11) is 0. The molecule has 1 saturated carbocycles. The predicted octanol–water partition coefficient (Wildman–Crippen LogP) is 2.44. The topological polar surface area (TPSA) is 65.9 Å². The Bertz CT molecular complexity index is 343. The Morgan fingerprint density at radius 1 is 1.22 bits per heavy atom. The number of aliphatic hydroxyl groups is 1. The molecule has 1 heterocycles. The highest BCUT2D eigenvalue weighted by atomic mass is 16.5. The first-order valence-corrected chi connectivity index (χ1v) is 9.53. The summed E-state index contributed by atoms with van der Waals surface area (Å²) in [4.78, 5) is 4.83. The largest absolute Gasteiger partial charge is 0.396 e. The number of guanidine groups is 1. The van der Waals surface area contributed by atoms with Crippen LogP contribution in [0.4, 0.5) is 0 Å². The van der Waals surface area contributed by atoms with Gasteiger partial charge in [-0.05, 0) is 50.9 Å². The fourth-order valence-electron chi connectivity index (χ4n) is 3.84. The average molecular weight is 325 g/mol. The summed E-state index contributed by atoms with van der Waals surface area (Å²) in [6, 6.07) is 0. The van der Waals surface area contributed by atoms with E-state index in [2.05, 4.69) is 17.6 Å². The summed E-state index contributed by atoms with van der Waals surface area (Å²) in [6.07, 6.45) is 11.0. The zero-order valence-corrected chi connectivity index (χ0v) is 14.8. The monoisotopic (exact) mass is 325 g/mol. The molecule has 3 N–H and O–H groups in total. The molecule has 2 rings (SSSR count). The van der Waals surface area contributed by atoms with Crippen LogP contribution >= 0.6 is 0 Å². The number of nitrogens with one attached hydrogen (secondary N) is 2. The molecule has 2 fully saturated rings. The number of hydrogen-bond acceptors (Lipinski definition) is 3. The first-order chi connectivity index (χ1) is 11.3. The van der Waals surface area contributed by atoms with E-state index in [-0.39, 0.29) is 12.0 Å². The van der Waals surface area contributed by atoms with E-state index in [1.165, 1.54) is 44.9 Å². The van der Waals surface area contributed by atoms with Crippen LogP contribution in [0, 0.1) is 5.41 Å². The summed E-state index contributed by atoms with van der Waals surface area (Å²) in [6.45, 7) is 5.90. The molecule has 1 aliphatic carbocycles. The van der Waals surface area contributed by atoms with Crippen molar-refractivity contribution in [3.8, 4) is 0 Å². The van der Waals surface area contributed by atoms with Gasteiger partial charge in [-0.15, -0.1) is 0 Å². The minimum absolute atomic E-state index is 0.212. The molecule has 23 heavy (non-hydrogen) atoms. The Kier molecular flexibility index (Phi) is 8.17. The van der Waals surface area contributed by atoms with Crippen molar-refractivity contribution in [3.63, 3.8) is 0 Å². The van der Waals surface area contributed by atoms with Gasteiger partial charge in [0.2, 0.25) is 0 Å². The minimum Gasteiger partial charge on any atom is -0.396 e. The lowest BCUT2D eigenvalue weighted by atomic mass is 9.72. The van der Waals surface area contributed by atoms with Crippen molar-refractivity contribution in [3.05, 3.63) is 0 Å². The molecule has 1 saturated heterocycles. The summed E-state index contributed by atoms with van der Waals surface area (Å²) in [5, 5.41) is 16.2. The maximum atomic E-state index is 9.42. The molecular formula is C18H35N3O2. The van der Waals surface area contributed by atoms with Crippen LogP contribution < -0.4 is 10.6 Å². The Morgan fingerprint density at radius 2 is 2.04 bits per heavy atom. The van der Waals surface area contributed by atoms with E-state index in [4.69, 9.17) is 9.73 Å². The van der Waals surface area contributed by atoms with Gasteiger partial charge in [-0.2, -0.15) is 0 Å². The highest BCUT2D eigenvalue weighted by Crippen LogP contribution is 2.39. The molecule has 5 heteroatoms. The lowest BCUT2D eigenvalue weighted by Crippen LogP contribution is -2.40. The van der Waals surface area contributed by atoms with E-state index in [1.807, 2.05) is 0 Å². The number of nitrogens with zero attached hydrogens (tertiary/aromatic N) is 1. The van der Waals surface area contributed by atoms with Crippen LogP contribution in [0.15, 0.2) is 4.99 Å². The maximum Gasteiger partial charge on any atom is 0.191 e. The molecule has 0 aromatic rings. The SMILES string of the molecule is CCNC(=NCC1(CCO)CCCCC1)NCCC1CCCO1.